The Balaban J connectivity index is 3.42. The van der Waals surface area contributed by atoms with Gasteiger partial charge in [0.2, 0.25) is 0 Å². The minimum atomic E-state index is 0.418. The van der Waals surface area contributed by atoms with Gasteiger partial charge < -0.3 is 5.73 Å². The first-order chi connectivity index (χ1) is 6.24. The van der Waals surface area contributed by atoms with Crippen LogP contribution in [0.4, 0.5) is 0 Å². The lowest BCUT2D eigenvalue weighted by molar-refractivity contribution is 0.424. The molecule has 1 nitrogen and oxygen atoms in total. The van der Waals surface area contributed by atoms with Gasteiger partial charge in [-0.05, 0) is 24.5 Å². The predicted octanol–water partition coefficient (Wildman–Crippen LogP) is 3.28. The summed E-state index contributed by atoms with van der Waals surface area (Å²) in [6.45, 7) is 6.75. The van der Waals surface area contributed by atoms with E-state index in [-0.39, 0.29) is 0 Å². The van der Waals surface area contributed by atoms with Gasteiger partial charge in [-0.3, -0.25) is 0 Å². The fraction of sp³-hybridized carbons (Fsp3) is 1.00. The summed E-state index contributed by atoms with van der Waals surface area (Å²) in [5, 5.41) is 0. The van der Waals surface area contributed by atoms with Crippen LogP contribution in [0.2, 0.25) is 0 Å². The molecule has 0 bridgehead atoms. The van der Waals surface area contributed by atoms with Crippen LogP contribution in [0.15, 0.2) is 0 Å². The second-order valence-electron chi connectivity index (χ2n) is 3.75. The highest BCUT2D eigenvalue weighted by Gasteiger charge is 2.09. The molecule has 0 heterocycles. The van der Waals surface area contributed by atoms with Crippen LogP contribution in [0.1, 0.15) is 46.5 Å². The zero-order valence-corrected chi connectivity index (χ0v) is 10.2. The Morgan fingerprint density at radius 2 is 1.77 bits per heavy atom. The van der Waals surface area contributed by atoms with Gasteiger partial charge in [0, 0.05) is 11.8 Å². The zero-order chi connectivity index (χ0) is 10.1. The highest BCUT2D eigenvalue weighted by Crippen LogP contribution is 2.16. The molecule has 0 fully saturated rings. The SMILES string of the molecule is CCCSCC(N)CC(CC)CC. The fourth-order valence-corrected chi connectivity index (χ4v) is 2.39. The third kappa shape index (κ3) is 7.39. The van der Waals surface area contributed by atoms with Gasteiger partial charge in [0.25, 0.3) is 0 Å². The van der Waals surface area contributed by atoms with E-state index >= 15 is 0 Å². The standard InChI is InChI=1S/C11H25NS/c1-4-7-13-9-11(12)8-10(5-2)6-3/h10-11H,4-9,12H2,1-3H3. The molecule has 0 radical (unpaired) electrons. The van der Waals surface area contributed by atoms with Crippen molar-refractivity contribution in [2.75, 3.05) is 11.5 Å². The van der Waals surface area contributed by atoms with E-state index in [0.29, 0.717) is 6.04 Å². The predicted molar refractivity (Wildman–Crippen MR) is 64.3 cm³/mol. The molecule has 2 heteroatoms. The summed E-state index contributed by atoms with van der Waals surface area (Å²) >= 11 is 2.00. The second kappa shape index (κ2) is 8.89. The Morgan fingerprint density at radius 1 is 1.15 bits per heavy atom. The number of rotatable bonds is 8. The first-order valence-electron chi connectivity index (χ1n) is 5.57. The van der Waals surface area contributed by atoms with Gasteiger partial charge in [-0.25, -0.2) is 0 Å². The molecule has 13 heavy (non-hydrogen) atoms. The molecule has 0 saturated heterocycles. The van der Waals surface area contributed by atoms with E-state index in [9.17, 15) is 0 Å². The lowest BCUT2D eigenvalue weighted by Crippen LogP contribution is -2.26. The Labute approximate surface area is 87.9 Å². The van der Waals surface area contributed by atoms with Gasteiger partial charge in [0.15, 0.2) is 0 Å². The van der Waals surface area contributed by atoms with E-state index in [1.165, 1.54) is 31.4 Å². The lowest BCUT2D eigenvalue weighted by atomic mass is 9.96. The number of hydrogen-bond donors (Lipinski definition) is 1. The second-order valence-corrected chi connectivity index (χ2v) is 4.90. The third-order valence-electron chi connectivity index (χ3n) is 2.47. The minimum Gasteiger partial charge on any atom is -0.327 e. The number of hydrogen-bond acceptors (Lipinski definition) is 2. The monoisotopic (exact) mass is 203 g/mol. The molecular weight excluding hydrogens is 178 g/mol. The van der Waals surface area contributed by atoms with Gasteiger partial charge in [-0.1, -0.05) is 33.6 Å². The van der Waals surface area contributed by atoms with Gasteiger partial charge in [-0.2, -0.15) is 11.8 Å². The summed E-state index contributed by atoms with van der Waals surface area (Å²) in [4.78, 5) is 0. The topological polar surface area (TPSA) is 26.0 Å². The molecule has 2 N–H and O–H groups in total. The van der Waals surface area contributed by atoms with Crippen LogP contribution in [0.25, 0.3) is 0 Å². The highest BCUT2D eigenvalue weighted by molar-refractivity contribution is 7.99. The van der Waals surface area contributed by atoms with Gasteiger partial charge >= 0.3 is 0 Å². The van der Waals surface area contributed by atoms with Gasteiger partial charge in [0.05, 0.1) is 0 Å². The molecule has 0 aromatic rings. The van der Waals surface area contributed by atoms with Crippen molar-refractivity contribution in [3.63, 3.8) is 0 Å². The normalized spacial score (nSPS) is 13.6. The fourth-order valence-electron chi connectivity index (χ4n) is 1.50. The smallest absolute Gasteiger partial charge is 0.0133 e. The molecular formula is C11H25NS. The molecule has 0 aliphatic carbocycles. The van der Waals surface area contributed by atoms with Crippen molar-refractivity contribution in [2.45, 2.75) is 52.5 Å². The molecule has 0 aromatic carbocycles. The van der Waals surface area contributed by atoms with Crippen molar-refractivity contribution in [1.29, 1.82) is 0 Å². The van der Waals surface area contributed by atoms with Crippen LogP contribution in [0.5, 0.6) is 0 Å². The van der Waals surface area contributed by atoms with Crippen molar-refractivity contribution in [2.24, 2.45) is 11.7 Å². The first kappa shape index (κ1) is 13.3. The van der Waals surface area contributed by atoms with E-state index in [4.69, 9.17) is 5.73 Å². The molecule has 0 saturated carbocycles. The molecule has 1 atom stereocenters. The highest BCUT2D eigenvalue weighted by atomic mass is 32.2. The Kier molecular flexibility index (Phi) is 9.10. The van der Waals surface area contributed by atoms with Crippen LogP contribution in [0.3, 0.4) is 0 Å². The largest absolute Gasteiger partial charge is 0.327 e. The average Bonchev–Trinajstić information content (AvgIpc) is 2.14. The maximum Gasteiger partial charge on any atom is 0.0133 e. The van der Waals surface area contributed by atoms with E-state index < -0.39 is 0 Å². The van der Waals surface area contributed by atoms with E-state index in [1.54, 1.807) is 0 Å². The van der Waals surface area contributed by atoms with Gasteiger partial charge in [0.1, 0.15) is 0 Å². The Hall–Kier alpha value is 0.310. The Bertz CT molecular complexity index is 102. The maximum absolute atomic E-state index is 6.05. The van der Waals surface area contributed by atoms with E-state index in [1.807, 2.05) is 11.8 Å². The van der Waals surface area contributed by atoms with Crippen LogP contribution < -0.4 is 5.73 Å². The molecule has 80 valence electrons. The van der Waals surface area contributed by atoms with Crippen LogP contribution in [-0.4, -0.2) is 17.5 Å². The molecule has 0 aliphatic heterocycles. The molecule has 0 aliphatic rings. The summed E-state index contributed by atoms with van der Waals surface area (Å²) in [5.41, 5.74) is 6.05. The average molecular weight is 203 g/mol. The molecule has 0 spiro atoms. The summed E-state index contributed by atoms with van der Waals surface area (Å²) < 4.78 is 0. The number of thioether (sulfide) groups is 1. The molecule has 0 amide bonds. The number of nitrogens with two attached hydrogens (primary N) is 1. The first-order valence-corrected chi connectivity index (χ1v) is 6.73. The van der Waals surface area contributed by atoms with Crippen LogP contribution in [0, 0.1) is 5.92 Å². The van der Waals surface area contributed by atoms with Crippen molar-refractivity contribution >= 4 is 11.8 Å². The molecule has 0 aromatic heterocycles. The van der Waals surface area contributed by atoms with E-state index in [0.717, 1.165) is 11.7 Å². The van der Waals surface area contributed by atoms with Crippen LogP contribution >= 0.6 is 11.8 Å². The van der Waals surface area contributed by atoms with Crippen molar-refractivity contribution < 1.29 is 0 Å². The van der Waals surface area contributed by atoms with Crippen molar-refractivity contribution in [3.05, 3.63) is 0 Å². The summed E-state index contributed by atoms with van der Waals surface area (Å²) in [6, 6.07) is 0.418. The van der Waals surface area contributed by atoms with Crippen molar-refractivity contribution in [1.82, 2.24) is 0 Å². The quantitative estimate of drug-likeness (QED) is 0.613. The Morgan fingerprint density at radius 3 is 2.23 bits per heavy atom. The van der Waals surface area contributed by atoms with Crippen molar-refractivity contribution in [3.8, 4) is 0 Å². The maximum atomic E-state index is 6.05. The zero-order valence-electron chi connectivity index (χ0n) is 9.38. The molecule has 0 rings (SSSR count). The summed E-state index contributed by atoms with van der Waals surface area (Å²) in [7, 11) is 0. The third-order valence-corrected chi connectivity index (χ3v) is 3.83. The lowest BCUT2D eigenvalue weighted by Gasteiger charge is -2.17. The summed E-state index contributed by atoms with van der Waals surface area (Å²) in [5.74, 6) is 3.25. The minimum absolute atomic E-state index is 0.418. The molecule has 1 unspecified atom stereocenters. The van der Waals surface area contributed by atoms with Gasteiger partial charge in [-0.15, -0.1) is 0 Å². The van der Waals surface area contributed by atoms with Crippen LogP contribution in [-0.2, 0) is 0 Å². The summed E-state index contributed by atoms with van der Waals surface area (Å²) in [6.07, 6.45) is 5.04. The van der Waals surface area contributed by atoms with E-state index in [2.05, 4.69) is 20.8 Å².